The number of ether oxygens (including phenoxy) is 2. The number of nitrogens with one attached hydrogen (secondary N) is 2. The lowest BCUT2D eigenvalue weighted by Crippen LogP contribution is -2.24. The van der Waals surface area contributed by atoms with Crippen LogP contribution < -0.4 is 20.3 Å². The second-order valence-corrected chi connectivity index (χ2v) is 6.30. The molecule has 3 rings (SSSR count). The third-order valence-corrected chi connectivity index (χ3v) is 4.28. The molecule has 3 aromatic rings. The maximum absolute atomic E-state index is 5.95. The number of anilines is 1. The molecule has 126 valence electrons. The highest BCUT2D eigenvalue weighted by Gasteiger charge is 2.15. The fourth-order valence-electron chi connectivity index (χ4n) is 2.40. The Hall–Kier alpha value is -2.18. The zero-order chi connectivity index (χ0) is 17.1. The molecule has 0 spiro atoms. The van der Waals surface area contributed by atoms with Gasteiger partial charge in [-0.1, -0.05) is 15.9 Å². The van der Waals surface area contributed by atoms with E-state index in [9.17, 15) is 0 Å². The molecule has 1 atom stereocenters. The Morgan fingerprint density at radius 1 is 1.04 bits per heavy atom. The van der Waals surface area contributed by atoms with Crippen molar-refractivity contribution in [3.8, 4) is 11.5 Å². The molecule has 0 aliphatic carbocycles. The molecule has 6 heteroatoms. The van der Waals surface area contributed by atoms with Gasteiger partial charge in [0.15, 0.2) is 0 Å². The summed E-state index contributed by atoms with van der Waals surface area (Å²) in [5.74, 6) is 2.24. The van der Waals surface area contributed by atoms with Crippen LogP contribution in [0.25, 0.3) is 11.0 Å². The van der Waals surface area contributed by atoms with E-state index in [2.05, 4.69) is 26.8 Å². The Labute approximate surface area is 149 Å². The van der Waals surface area contributed by atoms with Crippen LogP contribution in [0, 0.1) is 0 Å². The van der Waals surface area contributed by atoms with Crippen LogP contribution in [0.2, 0.25) is 0 Å². The van der Waals surface area contributed by atoms with Gasteiger partial charge < -0.3 is 19.3 Å². The SMILES string of the molecule is COc1cc(OC)c2cc(C(C)NNc3ccc(Br)cc3)oc2c1. The molecule has 2 N–H and O–H groups in total. The van der Waals surface area contributed by atoms with Gasteiger partial charge in [0.25, 0.3) is 0 Å². The van der Waals surface area contributed by atoms with E-state index in [1.807, 2.05) is 49.4 Å². The summed E-state index contributed by atoms with van der Waals surface area (Å²) in [5, 5.41) is 0.922. The molecule has 0 fully saturated rings. The molecule has 0 radical (unpaired) electrons. The second-order valence-electron chi connectivity index (χ2n) is 5.39. The quantitative estimate of drug-likeness (QED) is 0.586. The van der Waals surface area contributed by atoms with Gasteiger partial charge in [-0.3, -0.25) is 0 Å². The van der Waals surface area contributed by atoms with Gasteiger partial charge in [0.2, 0.25) is 0 Å². The summed E-state index contributed by atoms with van der Waals surface area (Å²) in [6.07, 6.45) is 0. The Kier molecular flexibility index (Phi) is 4.97. The lowest BCUT2D eigenvalue weighted by molar-refractivity contribution is 0.396. The highest BCUT2D eigenvalue weighted by Crippen LogP contribution is 2.35. The van der Waals surface area contributed by atoms with E-state index < -0.39 is 0 Å². The predicted molar refractivity (Wildman–Crippen MR) is 98.6 cm³/mol. The number of furan rings is 1. The number of halogens is 1. The Morgan fingerprint density at radius 3 is 2.46 bits per heavy atom. The van der Waals surface area contributed by atoms with Crippen LogP contribution in [-0.2, 0) is 0 Å². The number of hydrazine groups is 1. The molecule has 0 aliphatic rings. The van der Waals surface area contributed by atoms with Crippen LogP contribution in [0.5, 0.6) is 11.5 Å². The van der Waals surface area contributed by atoms with Crippen LogP contribution in [-0.4, -0.2) is 14.2 Å². The lowest BCUT2D eigenvalue weighted by atomic mass is 10.2. The third-order valence-electron chi connectivity index (χ3n) is 3.75. The minimum absolute atomic E-state index is 0.0308. The number of methoxy groups -OCH3 is 2. The third kappa shape index (κ3) is 3.49. The summed E-state index contributed by atoms with van der Waals surface area (Å²) in [6.45, 7) is 2.02. The number of fused-ring (bicyclic) bond motifs is 1. The molecule has 24 heavy (non-hydrogen) atoms. The number of hydrogen-bond acceptors (Lipinski definition) is 5. The number of hydrogen-bond donors (Lipinski definition) is 2. The van der Waals surface area contributed by atoms with Crippen molar-refractivity contribution >= 4 is 32.6 Å². The molecule has 0 amide bonds. The van der Waals surface area contributed by atoms with Crippen molar-refractivity contribution in [2.45, 2.75) is 13.0 Å². The maximum atomic E-state index is 5.95. The fraction of sp³-hybridized carbons (Fsp3) is 0.222. The highest BCUT2D eigenvalue weighted by atomic mass is 79.9. The summed E-state index contributed by atoms with van der Waals surface area (Å²) < 4.78 is 17.7. The zero-order valence-corrected chi connectivity index (χ0v) is 15.3. The molecule has 0 saturated heterocycles. The summed E-state index contributed by atoms with van der Waals surface area (Å²) in [5.41, 5.74) is 8.12. The summed E-state index contributed by atoms with van der Waals surface area (Å²) in [4.78, 5) is 0. The van der Waals surface area contributed by atoms with Gasteiger partial charge in [-0.2, -0.15) is 0 Å². The summed E-state index contributed by atoms with van der Waals surface area (Å²) >= 11 is 3.42. The zero-order valence-electron chi connectivity index (χ0n) is 13.7. The standard InChI is InChI=1S/C18H19BrN2O3/c1-11(20-21-13-6-4-12(19)5-7-13)16-10-15-17(23-3)8-14(22-2)9-18(15)24-16/h4-11,20-21H,1-3H3. The first-order valence-electron chi connectivity index (χ1n) is 7.53. The molecule has 0 aliphatic heterocycles. The molecule has 1 unspecified atom stereocenters. The van der Waals surface area contributed by atoms with Crippen molar-refractivity contribution in [2.75, 3.05) is 19.6 Å². The molecule has 0 bridgehead atoms. The van der Waals surface area contributed by atoms with Crippen molar-refractivity contribution < 1.29 is 13.9 Å². The molecule has 1 heterocycles. The molecular formula is C18H19BrN2O3. The molecule has 5 nitrogen and oxygen atoms in total. The Bertz CT molecular complexity index is 830. The number of rotatable bonds is 6. The Balaban J connectivity index is 1.79. The minimum Gasteiger partial charge on any atom is -0.496 e. The molecule has 0 saturated carbocycles. The lowest BCUT2D eigenvalue weighted by Gasteiger charge is -2.13. The van der Waals surface area contributed by atoms with Gasteiger partial charge >= 0.3 is 0 Å². The van der Waals surface area contributed by atoms with Crippen molar-refractivity contribution in [2.24, 2.45) is 0 Å². The van der Waals surface area contributed by atoms with E-state index in [-0.39, 0.29) is 6.04 Å². The first kappa shape index (κ1) is 16.7. The van der Waals surface area contributed by atoms with Gasteiger partial charge in [0.05, 0.1) is 25.6 Å². The Morgan fingerprint density at radius 2 is 1.79 bits per heavy atom. The van der Waals surface area contributed by atoms with Gasteiger partial charge in [-0.05, 0) is 37.3 Å². The van der Waals surface area contributed by atoms with E-state index in [4.69, 9.17) is 13.9 Å². The fourth-order valence-corrected chi connectivity index (χ4v) is 2.66. The largest absolute Gasteiger partial charge is 0.496 e. The molecular weight excluding hydrogens is 372 g/mol. The van der Waals surface area contributed by atoms with Crippen molar-refractivity contribution in [1.82, 2.24) is 5.43 Å². The van der Waals surface area contributed by atoms with Crippen molar-refractivity contribution in [1.29, 1.82) is 0 Å². The van der Waals surface area contributed by atoms with E-state index >= 15 is 0 Å². The van der Waals surface area contributed by atoms with Gasteiger partial charge in [-0.25, -0.2) is 5.43 Å². The van der Waals surface area contributed by atoms with Crippen LogP contribution >= 0.6 is 15.9 Å². The second kappa shape index (κ2) is 7.15. The predicted octanol–water partition coefficient (Wildman–Crippen LogP) is 4.89. The van der Waals surface area contributed by atoms with Crippen molar-refractivity contribution in [3.63, 3.8) is 0 Å². The first-order chi connectivity index (χ1) is 11.6. The smallest absolute Gasteiger partial charge is 0.141 e. The van der Waals surface area contributed by atoms with E-state index in [0.29, 0.717) is 5.75 Å². The topological polar surface area (TPSA) is 55.7 Å². The van der Waals surface area contributed by atoms with E-state index in [0.717, 1.165) is 32.6 Å². The maximum Gasteiger partial charge on any atom is 0.141 e. The van der Waals surface area contributed by atoms with Crippen LogP contribution in [0.4, 0.5) is 5.69 Å². The van der Waals surface area contributed by atoms with Gasteiger partial charge in [-0.15, -0.1) is 0 Å². The summed E-state index contributed by atoms with van der Waals surface area (Å²) in [6, 6.07) is 13.6. The molecule has 1 aromatic heterocycles. The van der Waals surface area contributed by atoms with Crippen LogP contribution in [0.3, 0.4) is 0 Å². The van der Waals surface area contributed by atoms with E-state index in [1.165, 1.54) is 0 Å². The van der Waals surface area contributed by atoms with Crippen LogP contribution in [0.15, 0.2) is 51.4 Å². The monoisotopic (exact) mass is 390 g/mol. The van der Waals surface area contributed by atoms with E-state index in [1.54, 1.807) is 14.2 Å². The van der Waals surface area contributed by atoms with Gasteiger partial charge in [0.1, 0.15) is 22.8 Å². The van der Waals surface area contributed by atoms with Gasteiger partial charge in [0, 0.05) is 22.3 Å². The minimum atomic E-state index is -0.0308. The van der Waals surface area contributed by atoms with Crippen LogP contribution in [0.1, 0.15) is 18.7 Å². The highest BCUT2D eigenvalue weighted by molar-refractivity contribution is 9.10. The number of benzene rings is 2. The van der Waals surface area contributed by atoms with Crippen molar-refractivity contribution in [3.05, 3.63) is 52.7 Å². The normalized spacial score (nSPS) is 12.2. The average molecular weight is 391 g/mol. The molecule has 2 aromatic carbocycles. The first-order valence-corrected chi connectivity index (χ1v) is 8.32. The average Bonchev–Trinajstić information content (AvgIpc) is 3.04. The summed E-state index contributed by atoms with van der Waals surface area (Å²) in [7, 11) is 3.26.